The number of hydrogen-bond donors (Lipinski definition) is 1. The molecule has 7 heteroatoms. The van der Waals surface area contributed by atoms with Gasteiger partial charge in [-0.3, -0.25) is 9.58 Å². The number of carboxylic acid groups (broad SMARTS) is 1. The summed E-state index contributed by atoms with van der Waals surface area (Å²) in [6.07, 6.45) is 1.45. The lowest BCUT2D eigenvalue weighted by molar-refractivity contribution is 0.0690. The third-order valence-electron chi connectivity index (χ3n) is 2.47. The van der Waals surface area contributed by atoms with Gasteiger partial charge in [-0.05, 0) is 18.5 Å². The molecule has 0 spiro atoms. The highest BCUT2D eigenvalue weighted by molar-refractivity contribution is 7.09. The third kappa shape index (κ3) is 3.38. The van der Waals surface area contributed by atoms with Crippen LogP contribution in [0.1, 0.15) is 15.4 Å². The Hall–Kier alpha value is -1.73. The molecule has 0 aliphatic rings. The lowest BCUT2D eigenvalue weighted by Gasteiger charge is -2.14. The lowest BCUT2D eigenvalue weighted by atomic mass is 10.4. The van der Waals surface area contributed by atoms with E-state index in [0.717, 1.165) is 13.1 Å². The quantitative estimate of drug-likeness (QED) is 0.849. The molecule has 0 radical (unpaired) electrons. The van der Waals surface area contributed by atoms with Crippen molar-refractivity contribution in [1.82, 2.24) is 19.9 Å². The second kappa shape index (κ2) is 5.74. The monoisotopic (exact) mass is 266 g/mol. The molecule has 2 aromatic heterocycles. The van der Waals surface area contributed by atoms with Crippen molar-refractivity contribution in [1.29, 1.82) is 0 Å². The molecule has 0 aliphatic carbocycles. The Morgan fingerprint density at radius 2 is 2.44 bits per heavy atom. The number of aromatic nitrogens is 3. The normalized spacial score (nSPS) is 11.0. The van der Waals surface area contributed by atoms with Crippen LogP contribution in [0.5, 0.6) is 0 Å². The van der Waals surface area contributed by atoms with E-state index < -0.39 is 5.97 Å². The highest BCUT2D eigenvalue weighted by atomic mass is 32.1. The van der Waals surface area contributed by atoms with Crippen LogP contribution in [-0.4, -0.2) is 44.6 Å². The zero-order valence-electron chi connectivity index (χ0n) is 9.98. The number of carboxylic acids is 1. The number of nitrogens with zero attached hydrogens (tertiary/aromatic N) is 4. The molecule has 2 rings (SSSR count). The fourth-order valence-electron chi connectivity index (χ4n) is 1.53. The first-order valence-corrected chi connectivity index (χ1v) is 6.37. The van der Waals surface area contributed by atoms with Crippen molar-refractivity contribution in [3.05, 3.63) is 34.3 Å². The minimum Gasteiger partial charge on any atom is -0.476 e. The summed E-state index contributed by atoms with van der Waals surface area (Å²) in [7, 11) is 2.02. The lowest BCUT2D eigenvalue weighted by Crippen LogP contribution is -2.22. The average molecular weight is 266 g/mol. The Morgan fingerprint density at radius 3 is 3.06 bits per heavy atom. The minimum atomic E-state index is -1.05. The van der Waals surface area contributed by atoms with Crippen molar-refractivity contribution in [3.8, 4) is 0 Å². The van der Waals surface area contributed by atoms with E-state index in [1.54, 1.807) is 16.0 Å². The topological polar surface area (TPSA) is 71.2 Å². The molecule has 0 unspecified atom stereocenters. The summed E-state index contributed by atoms with van der Waals surface area (Å²) in [5, 5.41) is 18.1. The Labute approximate surface area is 108 Å². The molecule has 2 heterocycles. The molecule has 0 aliphatic heterocycles. The van der Waals surface area contributed by atoms with Gasteiger partial charge < -0.3 is 5.11 Å². The van der Waals surface area contributed by atoms with Gasteiger partial charge in [-0.15, -0.1) is 16.4 Å². The van der Waals surface area contributed by atoms with Crippen molar-refractivity contribution < 1.29 is 9.90 Å². The van der Waals surface area contributed by atoms with Crippen LogP contribution >= 0.6 is 11.3 Å². The fourth-order valence-corrected chi connectivity index (χ4v) is 2.31. The molecule has 2 aromatic rings. The molecule has 0 saturated carbocycles. The molecule has 0 amide bonds. The second-order valence-corrected chi connectivity index (χ2v) is 5.02. The summed E-state index contributed by atoms with van der Waals surface area (Å²) in [5.74, 6) is -1.05. The summed E-state index contributed by atoms with van der Waals surface area (Å²) in [5.41, 5.74) is -0.0177. The van der Waals surface area contributed by atoms with E-state index in [9.17, 15) is 4.79 Å². The molecule has 0 aromatic carbocycles. The van der Waals surface area contributed by atoms with Gasteiger partial charge in [0.1, 0.15) is 0 Å². The van der Waals surface area contributed by atoms with Crippen LogP contribution in [0.25, 0.3) is 0 Å². The third-order valence-corrected chi connectivity index (χ3v) is 3.34. The molecular weight excluding hydrogens is 252 g/mol. The zero-order valence-corrected chi connectivity index (χ0v) is 10.8. The van der Waals surface area contributed by atoms with Gasteiger partial charge in [-0.1, -0.05) is 11.3 Å². The molecule has 0 saturated heterocycles. The van der Waals surface area contributed by atoms with Crippen molar-refractivity contribution >= 4 is 17.3 Å². The zero-order chi connectivity index (χ0) is 13.0. The number of rotatable bonds is 6. The number of likely N-dealkylation sites (N-methyl/N-ethyl adjacent to an activating group) is 1. The molecule has 0 atom stereocenters. The van der Waals surface area contributed by atoms with Crippen LogP contribution in [0, 0.1) is 0 Å². The average Bonchev–Trinajstić information content (AvgIpc) is 2.96. The van der Waals surface area contributed by atoms with E-state index in [0.29, 0.717) is 6.54 Å². The molecule has 0 fully saturated rings. The number of carbonyl (C=O) groups is 1. The van der Waals surface area contributed by atoms with Crippen molar-refractivity contribution in [2.75, 3.05) is 13.6 Å². The Bertz CT molecular complexity index is 509. The Balaban J connectivity index is 1.81. The van der Waals surface area contributed by atoms with E-state index in [2.05, 4.69) is 26.7 Å². The van der Waals surface area contributed by atoms with Gasteiger partial charge in [0.15, 0.2) is 5.69 Å². The van der Waals surface area contributed by atoms with E-state index in [1.165, 1.54) is 11.1 Å². The van der Waals surface area contributed by atoms with Gasteiger partial charge in [0.2, 0.25) is 0 Å². The van der Waals surface area contributed by atoms with E-state index in [1.807, 2.05) is 13.1 Å². The second-order valence-electron chi connectivity index (χ2n) is 3.99. The Morgan fingerprint density at radius 1 is 1.61 bits per heavy atom. The first-order valence-electron chi connectivity index (χ1n) is 5.49. The number of aromatic carboxylic acids is 1. The smallest absolute Gasteiger partial charge is 0.358 e. The summed E-state index contributed by atoms with van der Waals surface area (Å²) in [6.45, 7) is 2.31. The van der Waals surface area contributed by atoms with Gasteiger partial charge in [-0.2, -0.15) is 0 Å². The largest absolute Gasteiger partial charge is 0.476 e. The highest BCUT2D eigenvalue weighted by Gasteiger charge is 2.08. The Kier molecular flexibility index (Phi) is 4.06. The number of hydrogen-bond acceptors (Lipinski definition) is 5. The molecule has 18 heavy (non-hydrogen) atoms. The van der Waals surface area contributed by atoms with Crippen LogP contribution in [0.2, 0.25) is 0 Å². The summed E-state index contributed by atoms with van der Waals surface area (Å²) >= 11 is 1.73. The van der Waals surface area contributed by atoms with Crippen LogP contribution in [0.3, 0.4) is 0 Å². The van der Waals surface area contributed by atoms with Gasteiger partial charge in [0.25, 0.3) is 0 Å². The van der Waals surface area contributed by atoms with E-state index in [4.69, 9.17) is 5.11 Å². The highest BCUT2D eigenvalue weighted by Crippen LogP contribution is 2.10. The standard InChI is InChI=1S/C11H14N4O2S/c1-14(7-9-3-2-6-18-9)4-5-15-8-10(11(16)17)12-13-15/h2-3,6,8H,4-5,7H2,1H3,(H,16,17). The molecule has 0 bridgehead atoms. The van der Waals surface area contributed by atoms with E-state index >= 15 is 0 Å². The maximum atomic E-state index is 10.6. The van der Waals surface area contributed by atoms with Crippen molar-refractivity contribution in [3.63, 3.8) is 0 Å². The first kappa shape index (κ1) is 12.7. The maximum absolute atomic E-state index is 10.6. The van der Waals surface area contributed by atoms with Crippen LogP contribution < -0.4 is 0 Å². The van der Waals surface area contributed by atoms with Crippen molar-refractivity contribution in [2.45, 2.75) is 13.1 Å². The summed E-state index contributed by atoms with van der Waals surface area (Å²) in [4.78, 5) is 14.1. The van der Waals surface area contributed by atoms with Crippen LogP contribution in [-0.2, 0) is 13.1 Å². The van der Waals surface area contributed by atoms with Crippen molar-refractivity contribution in [2.24, 2.45) is 0 Å². The van der Waals surface area contributed by atoms with E-state index in [-0.39, 0.29) is 5.69 Å². The number of thiophene rings is 1. The molecule has 96 valence electrons. The van der Waals surface area contributed by atoms with Crippen LogP contribution in [0.15, 0.2) is 23.7 Å². The van der Waals surface area contributed by atoms with Crippen LogP contribution in [0.4, 0.5) is 0 Å². The molecular formula is C11H14N4O2S. The summed E-state index contributed by atoms with van der Waals surface area (Å²) < 4.78 is 1.55. The minimum absolute atomic E-state index is 0.0177. The first-order chi connectivity index (χ1) is 8.65. The van der Waals surface area contributed by atoms with Gasteiger partial charge in [0, 0.05) is 18.0 Å². The van der Waals surface area contributed by atoms with Gasteiger partial charge in [0.05, 0.1) is 12.7 Å². The maximum Gasteiger partial charge on any atom is 0.358 e. The molecule has 6 nitrogen and oxygen atoms in total. The predicted molar refractivity (Wildman–Crippen MR) is 67.6 cm³/mol. The predicted octanol–water partition coefficient (Wildman–Crippen LogP) is 1.17. The SMILES string of the molecule is CN(CCn1cc(C(=O)O)nn1)Cc1cccs1. The van der Waals surface area contributed by atoms with Gasteiger partial charge in [-0.25, -0.2) is 4.79 Å². The molecule has 1 N–H and O–H groups in total. The fraction of sp³-hybridized carbons (Fsp3) is 0.364. The summed E-state index contributed by atoms with van der Waals surface area (Å²) in [6, 6.07) is 4.13. The van der Waals surface area contributed by atoms with Gasteiger partial charge >= 0.3 is 5.97 Å².